The Balaban J connectivity index is 1.77. The molecule has 0 radical (unpaired) electrons. The number of ether oxygens (including phenoxy) is 1. The van der Waals surface area contributed by atoms with E-state index in [-0.39, 0.29) is 10.9 Å². The molecule has 0 saturated carbocycles. The smallest absolute Gasteiger partial charge is 0.336 e. The SMILES string of the molecule is CCOc1ccc(-c2ccc(-c3cc(C(=O)O)c4cc(F)ccc4n3)c(Cl)c2)cc1. The van der Waals surface area contributed by atoms with Crippen LogP contribution in [0.25, 0.3) is 33.3 Å². The van der Waals surface area contributed by atoms with Crippen molar-refractivity contribution in [2.75, 3.05) is 6.61 Å². The van der Waals surface area contributed by atoms with Crippen LogP contribution in [-0.2, 0) is 0 Å². The monoisotopic (exact) mass is 421 g/mol. The fraction of sp³-hybridized carbons (Fsp3) is 0.0833. The number of carboxylic acids is 1. The summed E-state index contributed by atoms with van der Waals surface area (Å²) in [4.78, 5) is 16.2. The fourth-order valence-corrected chi connectivity index (χ4v) is 3.60. The molecule has 0 spiro atoms. The van der Waals surface area contributed by atoms with Gasteiger partial charge >= 0.3 is 5.97 Å². The lowest BCUT2D eigenvalue weighted by Crippen LogP contribution is -2.01. The number of halogens is 2. The van der Waals surface area contributed by atoms with E-state index in [1.807, 2.05) is 43.3 Å². The Morgan fingerprint density at radius 1 is 1.03 bits per heavy atom. The number of nitrogens with zero attached hydrogens (tertiary/aromatic N) is 1. The van der Waals surface area contributed by atoms with Crippen LogP contribution in [-0.4, -0.2) is 22.7 Å². The van der Waals surface area contributed by atoms with Gasteiger partial charge in [-0.25, -0.2) is 14.2 Å². The maximum Gasteiger partial charge on any atom is 0.336 e. The molecular weight excluding hydrogens is 405 g/mol. The molecule has 0 atom stereocenters. The Kier molecular flexibility index (Phi) is 5.38. The molecule has 0 aliphatic rings. The van der Waals surface area contributed by atoms with Gasteiger partial charge in [-0.1, -0.05) is 35.9 Å². The van der Waals surface area contributed by atoms with Crippen LogP contribution >= 0.6 is 11.6 Å². The minimum Gasteiger partial charge on any atom is -0.494 e. The first-order valence-electron chi connectivity index (χ1n) is 9.33. The van der Waals surface area contributed by atoms with Gasteiger partial charge in [0.2, 0.25) is 0 Å². The van der Waals surface area contributed by atoms with Gasteiger partial charge in [-0.2, -0.15) is 0 Å². The molecule has 0 aliphatic heterocycles. The van der Waals surface area contributed by atoms with Gasteiger partial charge in [0, 0.05) is 10.9 Å². The zero-order valence-corrected chi connectivity index (χ0v) is 16.8. The van der Waals surface area contributed by atoms with E-state index in [1.165, 1.54) is 24.3 Å². The van der Waals surface area contributed by atoms with Crippen molar-refractivity contribution in [3.05, 3.63) is 83.1 Å². The Morgan fingerprint density at radius 2 is 1.77 bits per heavy atom. The number of hydrogen-bond donors (Lipinski definition) is 1. The molecule has 1 N–H and O–H groups in total. The molecule has 6 heteroatoms. The summed E-state index contributed by atoms with van der Waals surface area (Å²) in [5, 5.41) is 10.3. The zero-order valence-electron chi connectivity index (χ0n) is 16.0. The summed E-state index contributed by atoms with van der Waals surface area (Å²) < 4.78 is 19.1. The number of carboxylic acid groups (broad SMARTS) is 1. The van der Waals surface area contributed by atoms with E-state index in [0.29, 0.717) is 28.4 Å². The molecule has 1 aromatic heterocycles. The molecule has 4 aromatic rings. The maximum atomic E-state index is 13.6. The van der Waals surface area contributed by atoms with E-state index in [9.17, 15) is 14.3 Å². The third-order valence-electron chi connectivity index (χ3n) is 4.74. The van der Waals surface area contributed by atoms with Crippen LogP contribution in [0, 0.1) is 5.82 Å². The van der Waals surface area contributed by atoms with Gasteiger partial charge < -0.3 is 9.84 Å². The highest BCUT2D eigenvalue weighted by Gasteiger charge is 2.15. The lowest BCUT2D eigenvalue weighted by atomic mass is 10.0. The second-order valence-corrected chi connectivity index (χ2v) is 7.08. The number of fused-ring (bicyclic) bond motifs is 1. The van der Waals surface area contributed by atoms with E-state index >= 15 is 0 Å². The quantitative estimate of drug-likeness (QED) is 0.402. The summed E-state index contributed by atoms with van der Waals surface area (Å²) in [6.07, 6.45) is 0. The summed E-state index contributed by atoms with van der Waals surface area (Å²) in [6.45, 7) is 2.53. The van der Waals surface area contributed by atoms with Crippen LogP contribution in [0.2, 0.25) is 5.02 Å². The predicted octanol–water partition coefficient (Wildman–Crippen LogP) is 6.46. The van der Waals surface area contributed by atoms with Gasteiger partial charge in [-0.15, -0.1) is 0 Å². The van der Waals surface area contributed by atoms with Crippen molar-refractivity contribution in [1.82, 2.24) is 4.98 Å². The normalized spacial score (nSPS) is 10.9. The Morgan fingerprint density at radius 3 is 2.43 bits per heavy atom. The third kappa shape index (κ3) is 3.84. The molecule has 30 heavy (non-hydrogen) atoms. The van der Waals surface area contributed by atoms with Crippen LogP contribution in [0.4, 0.5) is 4.39 Å². The zero-order chi connectivity index (χ0) is 21.3. The Bertz CT molecular complexity index is 1260. The van der Waals surface area contributed by atoms with Crippen molar-refractivity contribution in [2.45, 2.75) is 6.92 Å². The Hall–Kier alpha value is -3.44. The van der Waals surface area contributed by atoms with Gasteiger partial charge in [0.15, 0.2) is 0 Å². The lowest BCUT2D eigenvalue weighted by molar-refractivity contribution is 0.0699. The third-order valence-corrected chi connectivity index (χ3v) is 5.06. The number of carbonyl (C=O) groups is 1. The average molecular weight is 422 g/mol. The molecule has 4 nitrogen and oxygen atoms in total. The minimum atomic E-state index is -1.16. The van der Waals surface area contributed by atoms with Crippen LogP contribution in [0.1, 0.15) is 17.3 Å². The van der Waals surface area contributed by atoms with E-state index < -0.39 is 11.8 Å². The summed E-state index contributed by atoms with van der Waals surface area (Å²) in [5.74, 6) is -0.879. The minimum absolute atomic E-state index is 0.0267. The van der Waals surface area contributed by atoms with Crippen molar-refractivity contribution in [1.29, 1.82) is 0 Å². The van der Waals surface area contributed by atoms with E-state index in [4.69, 9.17) is 16.3 Å². The van der Waals surface area contributed by atoms with E-state index in [0.717, 1.165) is 16.9 Å². The fourth-order valence-electron chi connectivity index (χ4n) is 3.33. The number of rotatable bonds is 5. The highest BCUT2D eigenvalue weighted by atomic mass is 35.5. The molecule has 3 aromatic carbocycles. The van der Waals surface area contributed by atoms with Gasteiger partial charge in [0.05, 0.1) is 28.4 Å². The molecule has 1 heterocycles. The number of benzene rings is 3. The molecule has 0 amide bonds. The molecule has 0 fully saturated rings. The standard InChI is InChI=1S/C24H17ClFNO3/c1-2-30-17-7-3-14(4-8-17)15-5-9-18(21(25)11-15)23-13-20(24(28)29)19-12-16(26)6-10-22(19)27-23/h3-13H,2H2,1H3,(H,28,29). The van der Waals surface area contributed by atoms with Crippen LogP contribution in [0.15, 0.2) is 66.7 Å². The molecule has 0 unspecified atom stereocenters. The van der Waals surface area contributed by atoms with Crippen molar-refractivity contribution < 1.29 is 19.0 Å². The largest absolute Gasteiger partial charge is 0.494 e. The first kappa shape index (κ1) is 19.9. The summed E-state index contributed by atoms with van der Waals surface area (Å²) in [5.41, 5.74) is 3.25. The first-order chi connectivity index (χ1) is 14.5. The van der Waals surface area contributed by atoms with Gasteiger partial charge in [0.25, 0.3) is 0 Å². The van der Waals surface area contributed by atoms with Crippen molar-refractivity contribution >= 4 is 28.5 Å². The van der Waals surface area contributed by atoms with E-state index in [2.05, 4.69) is 4.98 Å². The summed E-state index contributed by atoms with van der Waals surface area (Å²) in [7, 11) is 0. The van der Waals surface area contributed by atoms with Crippen LogP contribution in [0.5, 0.6) is 5.75 Å². The van der Waals surface area contributed by atoms with Crippen LogP contribution in [0.3, 0.4) is 0 Å². The number of aromatic carboxylic acids is 1. The maximum absolute atomic E-state index is 13.6. The first-order valence-corrected chi connectivity index (χ1v) is 9.71. The molecule has 0 aliphatic carbocycles. The summed E-state index contributed by atoms with van der Waals surface area (Å²) in [6, 6.07) is 18.5. The predicted molar refractivity (Wildman–Crippen MR) is 116 cm³/mol. The molecule has 0 bridgehead atoms. The number of aromatic nitrogens is 1. The van der Waals surface area contributed by atoms with Crippen molar-refractivity contribution in [3.8, 4) is 28.1 Å². The molecular formula is C24H17ClFNO3. The Labute approximate surface area is 177 Å². The number of hydrogen-bond acceptors (Lipinski definition) is 3. The molecule has 150 valence electrons. The molecule has 0 saturated heterocycles. The number of pyridine rings is 1. The highest BCUT2D eigenvalue weighted by Crippen LogP contribution is 2.34. The second kappa shape index (κ2) is 8.13. The van der Waals surface area contributed by atoms with Gasteiger partial charge in [-0.3, -0.25) is 0 Å². The topological polar surface area (TPSA) is 59.4 Å². The molecule has 4 rings (SSSR count). The van der Waals surface area contributed by atoms with Gasteiger partial charge in [-0.05, 0) is 60.5 Å². The van der Waals surface area contributed by atoms with Crippen LogP contribution < -0.4 is 4.74 Å². The van der Waals surface area contributed by atoms with Crippen molar-refractivity contribution in [3.63, 3.8) is 0 Å². The average Bonchev–Trinajstić information content (AvgIpc) is 2.73. The van der Waals surface area contributed by atoms with E-state index in [1.54, 1.807) is 6.07 Å². The lowest BCUT2D eigenvalue weighted by Gasteiger charge is -2.11. The van der Waals surface area contributed by atoms with Crippen molar-refractivity contribution in [2.24, 2.45) is 0 Å². The van der Waals surface area contributed by atoms with Gasteiger partial charge in [0.1, 0.15) is 11.6 Å². The second-order valence-electron chi connectivity index (χ2n) is 6.67. The summed E-state index contributed by atoms with van der Waals surface area (Å²) >= 11 is 6.53. The highest BCUT2D eigenvalue weighted by molar-refractivity contribution is 6.33.